The molecule has 0 unspecified atom stereocenters. The Morgan fingerprint density at radius 3 is 2.81 bits per heavy atom. The summed E-state index contributed by atoms with van der Waals surface area (Å²) in [6, 6.07) is 12.2. The molecule has 3 aromatic rings. The lowest BCUT2D eigenvalue weighted by atomic mass is 9.88. The molecule has 0 bridgehead atoms. The molecular weight excluding hydrogens is 342 g/mol. The number of piperidine rings is 1. The van der Waals surface area contributed by atoms with Crippen LogP contribution in [0.5, 0.6) is 0 Å². The van der Waals surface area contributed by atoms with Gasteiger partial charge >= 0.3 is 6.03 Å². The normalized spacial score (nSPS) is 16.6. The fraction of sp³-hybridized carbons (Fsp3) is 0.400. The molecule has 1 fully saturated rings. The zero-order valence-electron chi connectivity index (χ0n) is 15.3. The molecule has 2 amide bonds. The number of benzene rings is 1. The fourth-order valence-electron chi connectivity index (χ4n) is 3.76. The number of aryl methyl sites for hydroxylation is 1. The third-order valence-electron chi connectivity index (χ3n) is 5.41. The van der Waals surface area contributed by atoms with E-state index in [-0.39, 0.29) is 6.03 Å². The molecule has 4 rings (SSSR count). The Morgan fingerprint density at radius 2 is 2.04 bits per heavy atom. The van der Waals surface area contributed by atoms with Crippen LogP contribution in [0.3, 0.4) is 0 Å². The molecular formula is C20H25N5O2. The number of fused-ring (bicyclic) bond motifs is 1. The number of amides is 2. The van der Waals surface area contributed by atoms with Crippen molar-refractivity contribution in [1.82, 2.24) is 25.0 Å². The summed E-state index contributed by atoms with van der Waals surface area (Å²) >= 11 is 0. The van der Waals surface area contributed by atoms with Gasteiger partial charge in [0.15, 0.2) is 0 Å². The first-order chi connectivity index (χ1) is 13.2. The number of aromatic nitrogens is 3. The van der Waals surface area contributed by atoms with Crippen molar-refractivity contribution in [1.29, 1.82) is 0 Å². The average Bonchev–Trinajstić information content (AvgIpc) is 3.36. The van der Waals surface area contributed by atoms with E-state index in [1.165, 1.54) is 10.9 Å². The number of nitrogens with one attached hydrogen (secondary N) is 2. The Hall–Kier alpha value is -2.80. The Kier molecular flexibility index (Phi) is 4.85. The van der Waals surface area contributed by atoms with Gasteiger partial charge in [-0.05, 0) is 42.8 Å². The molecule has 0 atom stereocenters. The summed E-state index contributed by atoms with van der Waals surface area (Å²) in [6.45, 7) is 2.56. The summed E-state index contributed by atoms with van der Waals surface area (Å²) in [6.07, 6.45) is 5.63. The second-order valence-electron chi connectivity index (χ2n) is 7.14. The molecule has 7 heteroatoms. The summed E-state index contributed by atoms with van der Waals surface area (Å²) in [5.41, 5.74) is 1.03. The van der Waals surface area contributed by atoms with Crippen LogP contribution in [0.15, 0.2) is 48.8 Å². The minimum absolute atomic E-state index is 0.0565. The molecule has 0 aliphatic carbocycles. The number of urea groups is 1. The van der Waals surface area contributed by atoms with Gasteiger partial charge in [0.2, 0.25) is 0 Å². The van der Waals surface area contributed by atoms with Crippen molar-refractivity contribution >= 4 is 16.9 Å². The number of H-pyrrole nitrogens is 1. The van der Waals surface area contributed by atoms with Gasteiger partial charge in [0.1, 0.15) is 5.60 Å². The maximum absolute atomic E-state index is 12.4. The van der Waals surface area contributed by atoms with E-state index in [1.807, 2.05) is 12.1 Å². The number of nitrogens with zero attached hydrogens (tertiary/aromatic N) is 3. The number of hydrogen-bond acceptors (Lipinski definition) is 3. The third kappa shape index (κ3) is 3.68. The van der Waals surface area contributed by atoms with Gasteiger partial charge in [0, 0.05) is 44.1 Å². The summed E-state index contributed by atoms with van der Waals surface area (Å²) in [5.74, 6) is 0. The molecule has 1 aromatic carbocycles. The number of likely N-dealkylation sites (tertiary alicyclic amines) is 1. The number of carbonyl (C=O) groups is 1. The molecule has 27 heavy (non-hydrogen) atoms. The molecule has 7 nitrogen and oxygen atoms in total. The molecule has 1 saturated heterocycles. The second-order valence-corrected chi connectivity index (χ2v) is 7.14. The van der Waals surface area contributed by atoms with Gasteiger partial charge in [-0.3, -0.25) is 5.10 Å². The van der Waals surface area contributed by atoms with Crippen molar-refractivity contribution in [2.24, 2.45) is 0 Å². The van der Waals surface area contributed by atoms with Crippen LogP contribution in [0.25, 0.3) is 10.9 Å². The molecule has 3 N–H and O–H groups in total. The predicted molar refractivity (Wildman–Crippen MR) is 103 cm³/mol. The number of para-hydroxylation sites is 1. The summed E-state index contributed by atoms with van der Waals surface area (Å²) in [5, 5.41) is 21.7. The summed E-state index contributed by atoms with van der Waals surface area (Å²) in [4.78, 5) is 14.1. The summed E-state index contributed by atoms with van der Waals surface area (Å²) < 4.78 is 2.22. The van der Waals surface area contributed by atoms with Crippen molar-refractivity contribution in [3.63, 3.8) is 0 Å². The quantitative estimate of drug-likeness (QED) is 0.606. The van der Waals surface area contributed by atoms with Crippen LogP contribution in [-0.4, -0.2) is 50.4 Å². The SMILES string of the molecule is O=C(NCCCn1ccc2ccccc21)N1CCC(O)(c2ccn[nH]2)CC1. The molecule has 0 spiro atoms. The minimum atomic E-state index is -0.914. The maximum atomic E-state index is 12.4. The largest absolute Gasteiger partial charge is 0.383 e. The standard InChI is InChI=1S/C20H25N5O2/c26-19(25-14-8-20(27,9-15-25)18-6-11-22-23-18)21-10-3-12-24-13-7-16-4-1-2-5-17(16)24/h1-2,4-7,11,13,27H,3,8-10,12,14-15H2,(H,21,26)(H,22,23). The van der Waals surface area contributed by atoms with Crippen molar-refractivity contribution in [3.05, 3.63) is 54.5 Å². The van der Waals surface area contributed by atoms with Gasteiger partial charge in [-0.1, -0.05) is 18.2 Å². The lowest BCUT2D eigenvalue weighted by molar-refractivity contribution is -0.0203. The number of hydrogen-bond donors (Lipinski definition) is 3. The van der Waals surface area contributed by atoms with Crippen LogP contribution < -0.4 is 5.32 Å². The van der Waals surface area contributed by atoms with E-state index in [9.17, 15) is 9.90 Å². The van der Waals surface area contributed by atoms with Crippen molar-refractivity contribution < 1.29 is 9.90 Å². The topological polar surface area (TPSA) is 86.2 Å². The first kappa shape index (κ1) is 17.6. The van der Waals surface area contributed by atoms with E-state index in [1.54, 1.807) is 17.2 Å². The zero-order valence-corrected chi connectivity index (χ0v) is 15.3. The number of carbonyl (C=O) groups excluding carboxylic acids is 1. The van der Waals surface area contributed by atoms with Crippen molar-refractivity contribution in [2.75, 3.05) is 19.6 Å². The van der Waals surface area contributed by atoms with E-state index < -0.39 is 5.60 Å². The molecule has 1 aliphatic heterocycles. The van der Waals surface area contributed by atoms with Gasteiger partial charge in [-0.2, -0.15) is 5.10 Å². The highest BCUT2D eigenvalue weighted by Gasteiger charge is 2.36. The van der Waals surface area contributed by atoms with Crippen LogP contribution >= 0.6 is 0 Å². The van der Waals surface area contributed by atoms with E-state index in [4.69, 9.17) is 0 Å². The van der Waals surface area contributed by atoms with E-state index in [2.05, 4.69) is 44.5 Å². The highest BCUT2D eigenvalue weighted by Crippen LogP contribution is 2.31. The average molecular weight is 367 g/mol. The van der Waals surface area contributed by atoms with Gasteiger partial charge < -0.3 is 19.9 Å². The van der Waals surface area contributed by atoms with Crippen LogP contribution in [-0.2, 0) is 12.1 Å². The summed E-state index contributed by atoms with van der Waals surface area (Å²) in [7, 11) is 0. The first-order valence-corrected chi connectivity index (χ1v) is 9.45. The lowest BCUT2D eigenvalue weighted by Gasteiger charge is -2.37. The molecule has 0 radical (unpaired) electrons. The fourth-order valence-corrected chi connectivity index (χ4v) is 3.76. The van der Waals surface area contributed by atoms with Gasteiger partial charge in [0.05, 0.1) is 5.69 Å². The Bertz CT molecular complexity index is 894. The minimum Gasteiger partial charge on any atom is -0.383 e. The van der Waals surface area contributed by atoms with E-state index in [0.717, 1.165) is 18.7 Å². The van der Waals surface area contributed by atoms with Crippen LogP contribution in [0.4, 0.5) is 4.79 Å². The van der Waals surface area contributed by atoms with Crippen LogP contribution in [0.2, 0.25) is 0 Å². The molecule has 142 valence electrons. The Balaban J connectivity index is 1.22. The van der Waals surface area contributed by atoms with Crippen LogP contribution in [0.1, 0.15) is 25.0 Å². The maximum Gasteiger partial charge on any atom is 0.317 e. The van der Waals surface area contributed by atoms with Crippen molar-refractivity contribution in [2.45, 2.75) is 31.4 Å². The number of aliphatic hydroxyl groups is 1. The molecule has 1 aliphatic rings. The monoisotopic (exact) mass is 367 g/mol. The highest BCUT2D eigenvalue weighted by atomic mass is 16.3. The molecule has 2 aromatic heterocycles. The lowest BCUT2D eigenvalue weighted by Crippen LogP contribution is -2.49. The van der Waals surface area contributed by atoms with E-state index >= 15 is 0 Å². The van der Waals surface area contributed by atoms with Gasteiger partial charge in [0.25, 0.3) is 0 Å². The number of aromatic amines is 1. The van der Waals surface area contributed by atoms with Gasteiger partial charge in [-0.25, -0.2) is 4.79 Å². The first-order valence-electron chi connectivity index (χ1n) is 9.45. The second kappa shape index (κ2) is 7.44. The van der Waals surface area contributed by atoms with E-state index in [0.29, 0.717) is 32.5 Å². The number of rotatable bonds is 5. The van der Waals surface area contributed by atoms with Gasteiger partial charge in [-0.15, -0.1) is 0 Å². The molecule has 3 heterocycles. The third-order valence-corrected chi connectivity index (χ3v) is 5.41. The molecule has 0 saturated carbocycles. The highest BCUT2D eigenvalue weighted by molar-refractivity contribution is 5.79. The van der Waals surface area contributed by atoms with Crippen LogP contribution in [0, 0.1) is 0 Å². The smallest absolute Gasteiger partial charge is 0.317 e. The zero-order chi connectivity index (χ0) is 18.7. The Morgan fingerprint density at radius 1 is 1.22 bits per heavy atom. The van der Waals surface area contributed by atoms with Crippen molar-refractivity contribution in [3.8, 4) is 0 Å². The Labute approximate surface area is 158 Å². The predicted octanol–water partition coefficient (Wildman–Crippen LogP) is 2.45.